The van der Waals surface area contributed by atoms with Gasteiger partial charge in [-0.05, 0) is 44.3 Å². The lowest BCUT2D eigenvalue weighted by atomic mass is 10.0. The molecule has 0 bridgehead atoms. The number of likely N-dealkylation sites (N-methyl/N-ethyl adjacent to an activating group) is 1. The van der Waals surface area contributed by atoms with Gasteiger partial charge in [0.25, 0.3) is 5.91 Å². The Morgan fingerprint density at radius 2 is 1.93 bits per heavy atom. The Labute approximate surface area is 159 Å². The number of aromatic nitrogens is 2. The van der Waals surface area contributed by atoms with E-state index in [9.17, 15) is 4.79 Å². The van der Waals surface area contributed by atoms with E-state index in [4.69, 9.17) is 4.42 Å². The van der Waals surface area contributed by atoms with Crippen LogP contribution in [0.1, 0.15) is 24.3 Å². The zero-order valence-electron chi connectivity index (χ0n) is 16.2. The van der Waals surface area contributed by atoms with Crippen molar-refractivity contribution in [3.05, 3.63) is 60.5 Å². The van der Waals surface area contributed by atoms with E-state index in [0.29, 0.717) is 29.6 Å². The van der Waals surface area contributed by atoms with Gasteiger partial charge in [-0.1, -0.05) is 32.0 Å². The summed E-state index contributed by atoms with van der Waals surface area (Å²) in [6, 6.07) is 15.3. The molecule has 0 aliphatic rings. The molecule has 2 heterocycles. The molecule has 142 valence electrons. The number of nitrogens with zero attached hydrogens (tertiary/aromatic N) is 3. The van der Waals surface area contributed by atoms with Gasteiger partial charge in [-0.2, -0.15) is 5.10 Å². The number of para-hydroxylation sites is 1. The Hall–Kier alpha value is -2.86. The molecule has 27 heavy (non-hydrogen) atoms. The molecule has 0 fully saturated rings. The molecule has 6 heteroatoms. The largest absolute Gasteiger partial charge is 0.463 e. The van der Waals surface area contributed by atoms with Crippen molar-refractivity contribution in [3.8, 4) is 17.1 Å². The highest BCUT2D eigenvalue weighted by Gasteiger charge is 2.21. The van der Waals surface area contributed by atoms with Crippen molar-refractivity contribution >= 4 is 5.91 Å². The number of rotatable bonds is 7. The molecule has 1 unspecified atom stereocenters. The lowest BCUT2D eigenvalue weighted by Crippen LogP contribution is -2.43. The lowest BCUT2D eigenvalue weighted by Gasteiger charge is -2.28. The minimum Gasteiger partial charge on any atom is -0.463 e. The number of hydrogen-bond acceptors (Lipinski definition) is 4. The minimum absolute atomic E-state index is 0.156. The Bertz CT molecular complexity index is 859. The van der Waals surface area contributed by atoms with Gasteiger partial charge >= 0.3 is 0 Å². The smallest absolute Gasteiger partial charge is 0.270 e. The first kappa shape index (κ1) is 18.9. The van der Waals surface area contributed by atoms with E-state index in [0.717, 1.165) is 5.69 Å². The summed E-state index contributed by atoms with van der Waals surface area (Å²) in [5, 5.41) is 7.65. The average molecular weight is 366 g/mol. The Morgan fingerprint density at radius 3 is 2.52 bits per heavy atom. The van der Waals surface area contributed by atoms with Crippen LogP contribution in [0.15, 0.2) is 59.2 Å². The van der Waals surface area contributed by atoms with Gasteiger partial charge in [-0.3, -0.25) is 4.79 Å². The first-order valence-electron chi connectivity index (χ1n) is 9.11. The van der Waals surface area contributed by atoms with Crippen LogP contribution in [0.2, 0.25) is 0 Å². The summed E-state index contributed by atoms with van der Waals surface area (Å²) in [5.74, 6) is 0.904. The Morgan fingerprint density at radius 1 is 1.19 bits per heavy atom. The average Bonchev–Trinajstić information content (AvgIpc) is 3.31. The molecular formula is C21H26N4O2. The van der Waals surface area contributed by atoms with E-state index >= 15 is 0 Å². The number of nitrogens with one attached hydrogen (secondary N) is 1. The maximum atomic E-state index is 13.0. The van der Waals surface area contributed by atoms with Gasteiger partial charge in [-0.15, -0.1) is 0 Å². The van der Waals surface area contributed by atoms with Crippen LogP contribution in [0.4, 0.5) is 0 Å². The highest BCUT2D eigenvalue weighted by molar-refractivity contribution is 5.94. The maximum Gasteiger partial charge on any atom is 0.270 e. The molecular weight excluding hydrogens is 340 g/mol. The van der Waals surface area contributed by atoms with Crippen LogP contribution in [0.25, 0.3) is 17.1 Å². The van der Waals surface area contributed by atoms with Crippen LogP contribution in [-0.4, -0.2) is 47.3 Å². The number of hydrogen-bond donors (Lipinski definition) is 1. The monoisotopic (exact) mass is 366 g/mol. The molecule has 1 amide bonds. The molecule has 0 saturated carbocycles. The fourth-order valence-corrected chi connectivity index (χ4v) is 3.16. The van der Waals surface area contributed by atoms with E-state index in [2.05, 4.69) is 29.2 Å². The van der Waals surface area contributed by atoms with Crippen LogP contribution in [0, 0.1) is 5.92 Å². The van der Waals surface area contributed by atoms with Crippen LogP contribution in [-0.2, 0) is 0 Å². The van der Waals surface area contributed by atoms with Crippen molar-refractivity contribution in [3.63, 3.8) is 0 Å². The molecule has 2 aromatic heterocycles. The minimum atomic E-state index is -0.156. The third-order valence-corrected chi connectivity index (χ3v) is 4.62. The number of furan rings is 1. The third kappa shape index (κ3) is 4.28. The molecule has 0 spiro atoms. The van der Waals surface area contributed by atoms with Crippen molar-refractivity contribution in [2.45, 2.75) is 19.9 Å². The zero-order valence-corrected chi connectivity index (χ0v) is 16.2. The molecule has 1 N–H and O–H groups in total. The third-order valence-electron chi connectivity index (χ3n) is 4.62. The number of benzene rings is 1. The first-order chi connectivity index (χ1) is 13.0. The highest BCUT2D eigenvalue weighted by Crippen LogP contribution is 2.22. The van der Waals surface area contributed by atoms with E-state index < -0.39 is 0 Å². The molecule has 0 aliphatic carbocycles. The summed E-state index contributed by atoms with van der Waals surface area (Å²) in [7, 11) is 4.06. The molecule has 0 aliphatic heterocycles. The van der Waals surface area contributed by atoms with Gasteiger partial charge in [-0.25, -0.2) is 4.68 Å². The summed E-state index contributed by atoms with van der Waals surface area (Å²) >= 11 is 0. The lowest BCUT2D eigenvalue weighted by molar-refractivity contribution is 0.0927. The topological polar surface area (TPSA) is 63.3 Å². The fourth-order valence-electron chi connectivity index (χ4n) is 3.16. The van der Waals surface area contributed by atoms with E-state index in [-0.39, 0.29) is 11.9 Å². The molecule has 3 rings (SSSR count). The summed E-state index contributed by atoms with van der Waals surface area (Å²) < 4.78 is 7.11. The number of amides is 1. The molecule has 1 atom stereocenters. The number of carbonyl (C=O) groups is 1. The van der Waals surface area contributed by atoms with Gasteiger partial charge in [0.1, 0.15) is 11.4 Å². The van der Waals surface area contributed by atoms with Gasteiger partial charge in [0.05, 0.1) is 12.0 Å². The Kier molecular flexibility index (Phi) is 5.76. The quantitative estimate of drug-likeness (QED) is 0.696. The summed E-state index contributed by atoms with van der Waals surface area (Å²) in [4.78, 5) is 15.1. The summed E-state index contributed by atoms with van der Waals surface area (Å²) in [5.41, 5.74) is 1.93. The van der Waals surface area contributed by atoms with Gasteiger partial charge in [0, 0.05) is 18.7 Å². The summed E-state index contributed by atoms with van der Waals surface area (Å²) in [6.45, 7) is 4.87. The van der Waals surface area contributed by atoms with Gasteiger partial charge < -0.3 is 14.6 Å². The van der Waals surface area contributed by atoms with Crippen molar-refractivity contribution in [1.29, 1.82) is 0 Å². The first-order valence-corrected chi connectivity index (χ1v) is 9.11. The van der Waals surface area contributed by atoms with Crippen LogP contribution in [0.5, 0.6) is 0 Å². The normalized spacial score (nSPS) is 12.5. The van der Waals surface area contributed by atoms with Crippen LogP contribution in [0.3, 0.4) is 0 Å². The highest BCUT2D eigenvalue weighted by atomic mass is 16.3. The molecule has 6 nitrogen and oxygen atoms in total. The molecule has 0 saturated heterocycles. The van der Waals surface area contributed by atoms with Crippen molar-refractivity contribution in [2.75, 3.05) is 20.6 Å². The van der Waals surface area contributed by atoms with Gasteiger partial charge in [0.2, 0.25) is 0 Å². The van der Waals surface area contributed by atoms with E-state index in [1.165, 1.54) is 0 Å². The second-order valence-electron chi connectivity index (χ2n) is 7.12. The van der Waals surface area contributed by atoms with Crippen molar-refractivity contribution in [2.24, 2.45) is 5.92 Å². The molecule has 0 radical (unpaired) electrons. The maximum absolute atomic E-state index is 13.0. The van der Waals surface area contributed by atoms with Crippen LogP contribution < -0.4 is 5.32 Å². The fraction of sp³-hybridized carbons (Fsp3) is 0.333. The second kappa shape index (κ2) is 8.22. The Balaban J connectivity index is 1.90. The zero-order chi connectivity index (χ0) is 19.4. The van der Waals surface area contributed by atoms with Crippen LogP contribution >= 0.6 is 0 Å². The standard InChI is InChI=1S/C21H26N4O2/c1-15(2)19(24(3)4)14-22-21(26)18-13-17(20-11-8-12-27-20)23-25(18)16-9-6-5-7-10-16/h5-13,15,19H,14H2,1-4H3,(H,22,26). The number of carbonyl (C=O) groups excluding carboxylic acids is 1. The SMILES string of the molecule is CC(C)C(CNC(=O)c1cc(-c2ccco2)nn1-c1ccccc1)N(C)C. The molecule has 1 aromatic carbocycles. The van der Waals surface area contributed by atoms with Crippen molar-refractivity contribution in [1.82, 2.24) is 20.0 Å². The van der Waals surface area contributed by atoms with Gasteiger partial charge in [0.15, 0.2) is 5.76 Å². The summed E-state index contributed by atoms with van der Waals surface area (Å²) in [6.07, 6.45) is 1.60. The second-order valence-corrected chi connectivity index (χ2v) is 7.12. The predicted molar refractivity (Wildman–Crippen MR) is 106 cm³/mol. The van der Waals surface area contributed by atoms with E-state index in [1.807, 2.05) is 50.5 Å². The predicted octanol–water partition coefficient (Wildman–Crippen LogP) is 3.45. The van der Waals surface area contributed by atoms with E-state index in [1.54, 1.807) is 23.1 Å². The van der Waals surface area contributed by atoms with Crippen molar-refractivity contribution < 1.29 is 9.21 Å². The molecule has 3 aromatic rings.